The van der Waals surface area contributed by atoms with Crippen molar-refractivity contribution >= 4 is 36.1 Å². The van der Waals surface area contributed by atoms with Gasteiger partial charge in [-0.3, -0.25) is 9.79 Å². The summed E-state index contributed by atoms with van der Waals surface area (Å²) in [5, 5.41) is 6.50. The number of hydrogen-bond donors (Lipinski definition) is 2. The van der Waals surface area contributed by atoms with E-state index in [9.17, 15) is 4.79 Å². The normalized spacial score (nSPS) is 13.5. The number of carbonyl (C=O) groups excluding carboxylic acids is 1. The molecule has 0 saturated heterocycles. The molecule has 1 heterocycles. The summed E-state index contributed by atoms with van der Waals surface area (Å²) in [7, 11) is 0. The maximum absolute atomic E-state index is 11.3. The van der Waals surface area contributed by atoms with Crippen LogP contribution >= 0.6 is 11.6 Å². The summed E-state index contributed by atoms with van der Waals surface area (Å²) in [5.74, 6) is 0.559. The number of nitrogens with one attached hydrogen (secondary N) is 2. The zero-order valence-corrected chi connectivity index (χ0v) is 15.6. The molecule has 0 aliphatic heterocycles. The monoisotopic (exact) mass is 351 g/mol. The maximum atomic E-state index is 11.3. The molecule has 0 saturated carbocycles. The van der Waals surface area contributed by atoms with Crippen LogP contribution in [0, 0.1) is 6.92 Å². The molecule has 1 aromatic rings. The highest BCUT2D eigenvalue weighted by Crippen LogP contribution is 2.26. The van der Waals surface area contributed by atoms with Crippen LogP contribution in [0.2, 0.25) is 5.28 Å². The quantitative estimate of drug-likeness (QED) is 0.526. The van der Waals surface area contributed by atoms with E-state index in [4.69, 9.17) is 11.6 Å². The van der Waals surface area contributed by atoms with Gasteiger partial charge in [0.05, 0.1) is 11.2 Å². The molecule has 0 fully saturated rings. The minimum absolute atomic E-state index is 0.0626. The van der Waals surface area contributed by atoms with Crippen LogP contribution < -0.4 is 10.6 Å². The number of aryl methyl sites for hydroxylation is 1. The van der Waals surface area contributed by atoms with Crippen molar-refractivity contribution in [3.05, 3.63) is 22.7 Å². The first-order valence-corrected chi connectivity index (χ1v) is 8.38. The number of aromatic nitrogens is 2. The Balaban J connectivity index is 3.17. The summed E-state index contributed by atoms with van der Waals surface area (Å²) in [4.78, 5) is 23.6. The van der Waals surface area contributed by atoms with Gasteiger partial charge in [0.2, 0.25) is 11.2 Å². The number of halogens is 1. The zero-order chi connectivity index (χ0) is 18.2. The molecule has 1 rings (SSSR count). The number of amides is 1. The Morgan fingerprint density at radius 1 is 1.46 bits per heavy atom. The van der Waals surface area contributed by atoms with Crippen LogP contribution in [0.1, 0.15) is 51.3 Å². The molecule has 24 heavy (non-hydrogen) atoms. The van der Waals surface area contributed by atoms with Crippen LogP contribution in [0.15, 0.2) is 11.2 Å². The molecule has 2 N–H and O–H groups in total. The number of carbonyl (C=O) groups is 1. The fraction of sp³-hybridized carbons (Fsp3) is 0.529. The minimum Gasteiger partial charge on any atom is -0.362 e. The summed E-state index contributed by atoms with van der Waals surface area (Å²) in [6.07, 6.45) is 6.35. The van der Waals surface area contributed by atoms with E-state index in [-0.39, 0.29) is 16.7 Å². The van der Waals surface area contributed by atoms with E-state index >= 15 is 0 Å². The van der Waals surface area contributed by atoms with Gasteiger partial charge >= 0.3 is 0 Å². The highest BCUT2D eigenvalue weighted by molar-refractivity contribution is 6.28. The summed E-state index contributed by atoms with van der Waals surface area (Å²) in [6.45, 7) is 11.5. The number of hydrogen-bond acceptors (Lipinski definition) is 5. The molecule has 1 aromatic heterocycles. The first-order valence-electron chi connectivity index (χ1n) is 8.00. The first-order chi connectivity index (χ1) is 11.3. The lowest BCUT2D eigenvalue weighted by molar-refractivity contribution is -0.119. The Hall–Kier alpha value is -1.95. The zero-order valence-electron chi connectivity index (χ0n) is 14.8. The van der Waals surface area contributed by atoms with Crippen molar-refractivity contribution in [2.75, 3.05) is 11.9 Å². The third-order valence-corrected chi connectivity index (χ3v) is 3.85. The van der Waals surface area contributed by atoms with E-state index in [0.717, 1.165) is 30.5 Å². The van der Waals surface area contributed by atoms with Gasteiger partial charge in [-0.2, -0.15) is 0 Å². The van der Waals surface area contributed by atoms with Gasteiger partial charge in [-0.15, -0.1) is 0 Å². The topological polar surface area (TPSA) is 79.3 Å². The molecule has 0 bridgehead atoms. The van der Waals surface area contributed by atoms with Gasteiger partial charge in [0.15, 0.2) is 0 Å². The first kappa shape index (κ1) is 20.1. The van der Waals surface area contributed by atoms with Gasteiger partial charge < -0.3 is 10.6 Å². The Kier molecular flexibility index (Phi) is 7.85. The van der Waals surface area contributed by atoms with Gasteiger partial charge in [-0.1, -0.05) is 19.8 Å². The molecule has 0 aliphatic rings. The number of nitrogens with zero attached hydrogens (tertiary/aromatic N) is 3. The van der Waals surface area contributed by atoms with Crippen LogP contribution in [0.3, 0.4) is 0 Å². The van der Waals surface area contributed by atoms with Crippen molar-refractivity contribution in [2.24, 2.45) is 4.99 Å². The fourth-order valence-corrected chi connectivity index (χ4v) is 2.55. The average molecular weight is 352 g/mol. The molecule has 7 heteroatoms. The molecular formula is C17H26ClN5O. The van der Waals surface area contributed by atoms with Gasteiger partial charge in [-0.25, -0.2) is 9.97 Å². The number of anilines is 1. The van der Waals surface area contributed by atoms with Crippen LogP contribution in [-0.2, 0) is 4.79 Å². The van der Waals surface area contributed by atoms with Crippen molar-refractivity contribution in [3.8, 4) is 0 Å². The molecule has 6 nitrogen and oxygen atoms in total. The van der Waals surface area contributed by atoms with Crippen LogP contribution in [0.4, 0.5) is 5.82 Å². The van der Waals surface area contributed by atoms with Crippen molar-refractivity contribution in [3.63, 3.8) is 0 Å². The molecule has 1 unspecified atom stereocenters. The second-order valence-electron chi connectivity index (χ2n) is 6.04. The highest BCUT2D eigenvalue weighted by atomic mass is 35.5. The van der Waals surface area contributed by atoms with E-state index in [0.29, 0.717) is 12.4 Å². The molecule has 0 aromatic carbocycles. The van der Waals surface area contributed by atoms with Crippen molar-refractivity contribution < 1.29 is 4.79 Å². The SMILES string of the molecule is C=N/C=C\c1c(C)nc(Cl)nc1NC(C)(CCCC)CNC(C)=O. The van der Waals surface area contributed by atoms with Gasteiger partial charge in [0.1, 0.15) is 5.82 Å². The molecular weight excluding hydrogens is 326 g/mol. The third kappa shape index (κ3) is 6.28. The fourth-order valence-electron chi connectivity index (χ4n) is 2.34. The number of rotatable bonds is 9. The van der Waals surface area contributed by atoms with Crippen LogP contribution in [0.5, 0.6) is 0 Å². The lowest BCUT2D eigenvalue weighted by Crippen LogP contribution is -2.46. The summed E-state index contributed by atoms with van der Waals surface area (Å²) >= 11 is 6.03. The second-order valence-corrected chi connectivity index (χ2v) is 6.38. The van der Waals surface area contributed by atoms with Gasteiger partial charge in [0.25, 0.3) is 0 Å². The molecule has 1 amide bonds. The van der Waals surface area contributed by atoms with Crippen LogP contribution in [-0.4, -0.2) is 34.7 Å². The van der Waals surface area contributed by atoms with Crippen molar-refractivity contribution in [2.45, 2.75) is 52.5 Å². The average Bonchev–Trinajstić information content (AvgIpc) is 2.50. The summed E-state index contributed by atoms with van der Waals surface area (Å²) < 4.78 is 0. The standard InChI is InChI=1S/C17H26ClN5O/c1-6-7-9-17(4,11-20-13(3)24)23-15-14(8-10-19-5)12(2)21-16(18)22-15/h8,10H,5-7,9,11H2,1-4H3,(H,20,24)(H,21,22,23)/b10-8-. The predicted octanol–water partition coefficient (Wildman–Crippen LogP) is 3.61. The summed E-state index contributed by atoms with van der Waals surface area (Å²) in [5.41, 5.74) is 1.20. The Labute approximate surface area is 148 Å². The largest absolute Gasteiger partial charge is 0.362 e. The van der Waals surface area contributed by atoms with Gasteiger partial charge in [-0.05, 0) is 44.7 Å². The predicted molar refractivity (Wildman–Crippen MR) is 101 cm³/mol. The van der Waals surface area contributed by atoms with E-state index in [1.54, 1.807) is 12.3 Å². The lowest BCUT2D eigenvalue weighted by Gasteiger charge is -2.32. The Bertz CT molecular complexity index is 617. The lowest BCUT2D eigenvalue weighted by atomic mass is 9.94. The molecule has 0 radical (unpaired) electrons. The van der Waals surface area contributed by atoms with E-state index in [2.05, 4.69) is 46.2 Å². The Morgan fingerprint density at radius 2 is 2.17 bits per heavy atom. The molecule has 0 spiro atoms. The smallest absolute Gasteiger partial charge is 0.224 e. The van der Waals surface area contributed by atoms with Crippen LogP contribution in [0.25, 0.3) is 6.08 Å². The van der Waals surface area contributed by atoms with E-state index in [1.165, 1.54) is 6.92 Å². The van der Waals surface area contributed by atoms with Crippen molar-refractivity contribution in [1.82, 2.24) is 15.3 Å². The number of unbranched alkanes of at least 4 members (excludes halogenated alkanes) is 1. The maximum Gasteiger partial charge on any atom is 0.224 e. The number of aliphatic imine (C=N–C) groups is 1. The molecule has 0 aliphatic carbocycles. The third-order valence-electron chi connectivity index (χ3n) is 3.69. The molecule has 1 atom stereocenters. The highest BCUT2D eigenvalue weighted by Gasteiger charge is 2.26. The molecule has 132 valence electrons. The Morgan fingerprint density at radius 3 is 2.75 bits per heavy atom. The van der Waals surface area contributed by atoms with Gasteiger partial charge in [0, 0.05) is 25.2 Å². The summed E-state index contributed by atoms with van der Waals surface area (Å²) in [6, 6.07) is 0. The van der Waals surface area contributed by atoms with E-state index < -0.39 is 0 Å². The minimum atomic E-state index is -0.351. The van der Waals surface area contributed by atoms with Crippen molar-refractivity contribution in [1.29, 1.82) is 0 Å². The second kappa shape index (κ2) is 9.37. The van der Waals surface area contributed by atoms with E-state index in [1.807, 2.05) is 6.92 Å².